The molecule has 1 N–H and O–H groups in total. The van der Waals surface area contributed by atoms with E-state index in [0.29, 0.717) is 17.5 Å². The van der Waals surface area contributed by atoms with Crippen molar-refractivity contribution in [2.75, 3.05) is 23.3 Å². The number of carbonyl (C=O) groups is 1. The van der Waals surface area contributed by atoms with Gasteiger partial charge in [-0.15, -0.1) is 0 Å². The van der Waals surface area contributed by atoms with E-state index in [4.69, 9.17) is 6.57 Å². The standard InChI is InChI=1S/C27H32F3N3O/c1-18(2)16-33(17-19(3)4)25-11-10-22(20(5)15-31-6)14-24(25)32-26(34)13-21-8-7-9-23(12-21)27(28,29)30/h7-12,14-15,18-19H,13,16-17H2,1-5H3,(H,32,34)/b20-15+. The summed E-state index contributed by atoms with van der Waals surface area (Å²) < 4.78 is 39.2. The van der Waals surface area contributed by atoms with Gasteiger partial charge in [-0.3, -0.25) is 4.79 Å². The Hall–Kier alpha value is -3.27. The van der Waals surface area contributed by atoms with Crippen LogP contribution < -0.4 is 10.2 Å². The normalized spacial score (nSPS) is 12.1. The molecular formula is C27H32F3N3O. The molecule has 0 saturated heterocycles. The number of rotatable bonds is 9. The van der Waals surface area contributed by atoms with Crippen LogP contribution in [0.15, 0.2) is 48.7 Å². The van der Waals surface area contributed by atoms with E-state index < -0.39 is 17.6 Å². The van der Waals surface area contributed by atoms with E-state index in [1.165, 1.54) is 18.3 Å². The zero-order chi connectivity index (χ0) is 25.5. The molecule has 34 heavy (non-hydrogen) atoms. The number of benzene rings is 2. The largest absolute Gasteiger partial charge is 0.416 e. The quantitative estimate of drug-likeness (QED) is 0.390. The van der Waals surface area contributed by atoms with Crippen molar-refractivity contribution in [2.45, 2.75) is 47.2 Å². The molecule has 182 valence electrons. The van der Waals surface area contributed by atoms with Gasteiger partial charge < -0.3 is 10.2 Å². The first-order valence-electron chi connectivity index (χ1n) is 11.3. The first-order chi connectivity index (χ1) is 15.9. The monoisotopic (exact) mass is 471 g/mol. The summed E-state index contributed by atoms with van der Waals surface area (Å²) in [5.41, 5.74) is 2.49. The Morgan fingerprint density at radius 3 is 2.29 bits per heavy atom. The average Bonchev–Trinajstić information content (AvgIpc) is 2.72. The molecule has 0 aliphatic heterocycles. The highest BCUT2D eigenvalue weighted by atomic mass is 19.4. The SMILES string of the molecule is [C-]#[N+]/C=C(\C)c1ccc(N(CC(C)C)CC(C)C)c(NC(=O)Cc2cccc(C(F)(F)F)c2)c1. The Labute approximate surface area is 200 Å². The van der Waals surface area contributed by atoms with Crippen molar-refractivity contribution in [3.05, 3.63) is 76.8 Å². The molecule has 0 atom stereocenters. The Morgan fingerprint density at radius 1 is 1.09 bits per heavy atom. The smallest absolute Gasteiger partial charge is 0.369 e. The summed E-state index contributed by atoms with van der Waals surface area (Å²) in [5, 5.41) is 2.92. The van der Waals surface area contributed by atoms with E-state index in [1.807, 2.05) is 25.1 Å². The zero-order valence-electron chi connectivity index (χ0n) is 20.3. The van der Waals surface area contributed by atoms with E-state index in [9.17, 15) is 18.0 Å². The number of hydrogen-bond donors (Lipinski definition) is 1. The first-order valence-corrected chi connectivity index (χ1v) is 11.3. The van der Waals surface area contributed by atoms with Gasteiger partial charge in [-0.25, -0.2) is 4.85 Å². The summed E-state index contributed by atoms with van der Waals surface area (Å²) in [5.74, 6) is 0.366. The molecule has 0 radical (unpaired) electrons. The topological polar surface area (TPSA) is 36.7 Å². The van der Waals surface area contributed by atoms with Gasteiger partial charge in [0.2, 0.25) is 5.91 Å². The van der Waals surface area contributed by atoms with E-state index in [0.717, 1.165) is 42.0 Å². The van der Waals surface area contributed by atoms with Crippen LogP contribution in [0.3, 0.4) is 0 Å². The van der Waals surface area contributed by atoms with Crippen LogP contribution in [0.25, 0.3) is 10.4 Å². The van der Waals surface area contributed by atoms with E-state index in [-0.39, 0.29) is 12.0 Å². The highest BCUT2D eigenvalue weighted by molar-refractivity contribution is 5.96. The number of amides is 1. The minimum atomic E-state index is -4.46. The minimum absolute atomic E-state index is 0.182. The van der Waals surface area contributed by atoms with Gasteiger partial charge in [0.25, 0.3) is 0 Å². The van der Waals surface area contributed by atoms with Crippen molar-refractivity contribution in [3.8, 4) is 0 Å². The molecule has 7 heteroatoms. The molecule has 0 heterocycles. The van der Waals surface area contributed by atoms with Crippen molar-refractivity contribution in [1.29, 1.82) is 0 Å². The van der Waals surface area contributed by atoms with Crippen molar-refractivity contribution in [2.24, 2.45) is 11.8 Å². The molecule has 2 rings (SSSR count). The second-order valence-electron chi connectivity index (χ2n) is 9.29. The van der Waals surface area contributed by atoms with Gasteiger partial charge in [0, 0.05) is 13.1 Å². The highest BCUT2D eigenvalue weighted by Crippen LogP contribution is 2.32. The van der Waals surface area contributed by atoms with E-state index >= 15 is 0 Å². The number of nitrogens with one attached hydrogen (secondary N) is 1. The molecule has 0 aliphatic rings. The van der Waals surface area contributed by atoms with Crippen molar-refractivity contribution < 1.29 is 18.0 Å². The molecule has 0 saturated carbocycles. The predicted molar refractivity (Wildman–Crippen MR) is 132 cm³/mol. The number of nitrogens with zero attached hydrogens (tertiary/aromatic N) is 2. The second kappa shape index (κ2) is 11.7. The number of hydrogen-bond acceptors (Lipinski definition) is 2. The fourth-order valence-corrected chi connectivity index (χ4v) is 3.72. The lowest BCUT2D eigenvalue weighted by molar-refractivity contribution is -0.137. The molecular weight excluding hydrogens is 439 g/mol. The summed E-state index contributed by atoms with van der Waals surface area (Å²) in [6.45, 7) is 19.0. The average molecular weight is 472 g/mol. The van der Waals surface area contributed by atoms with Gasteiger partial charge in [-0.05, 0) is 53.7 Å². The zero-order valence-corrected chi connectivity index (χ0v) is 20.3. The lowest BCUT2D eigenvalue weighted by Gasteiger charge is -2.31. The van der Waals surface area contributed by atoms with Gasteiger partial charge in [-0.2, -0.15) is 13.2 Å². The molecule has 0 bridgehead atoms. The maximum atomic E-state index is 13.1. The number of carbonyl (C=O) groups excluding carboxylic acids is 1. The van der Waals surface area contributed by atoms with Crippen LogP contribution in [0.1, 0.15) is 51.3 Å². The molecule has 2 aromatic rings. The number of alkyl halides is 3. The Balaban J connectivity index is 2.41. The van der Waals surface area contributed by atoms with Crippen molar-refractivity contribution >= 4 is 22.9 Å². The molecule has 0 aliphatic carbocycles. The predicted octanol–water partition coefficient (Wildman–Crippen LogP) is 7.29. The molecule has 0 aromatic heterocycles. The van der Waals surface area contributed by atoms with Crippen LogP contribution in [-0.4, -0.2) is 19.0 Å². The summed E-state index contributed by atoms with van der Waals surface area (Å²) in [6, 6.07) is 10.5. The lowest BCUT2D eigenvalue weighted by Crippen LogP contribution is -2.32. The lowest BCUT2D eigenvalue weighted by atomic mass is 10.0. The van der Waals surface area contributed by atoms with Gasteiger partial charge in [0.05, 0.1) is 29.9 Å². The third-order valence-electron chi connectivity index (χ3n) is 5.11. The summed E-state index contributed by atoms with van der Waals surface area (Å²) in [7, 11) is 0. The Bertz CT molecular complexity index is 1060. The summed E-state index contributed by atoms with van der Waals surface area (Å²) in [6.07, 6.45) is -3.23. The van der Waals surface area contributed by atoms with Crippen LogP contribution >= 0.6 is 0 Å². The van der Waals surface area contributed by atoms with Crippen LogP contribution in [0, 0.1) is 18.4 Å². The van der Waals surface area contributed by atoms with Gasteiger partial charge in [0.15, 0.2) is 6.20 Å². The second-order valence-corrected chi connectivity index (χ2v) is 9.29. The fraction of sp³-hybridized carbons (Fsp3) is 0.407. The van der Waals surface area contributed by atoms with Crippen LogP contribution in [-0.2, 0) is 17.4 Å². The fourth-order valence-electron chi connectivity index (χ4n) is 3.72. The summed E-state index contributed by atoms with van der Waals surface area (Å²) >= 11 is 0. The Morgan fingerprint density at radius 2 is 1.74 bits per heavy atom. The molecule has 0 fully saturated rings. The maximum absolute atomic E-state index is 13.1. The first kappa shape index (κ1) is 27.0. The van der Waals surface area contributed by atoms with Crippen molar-refractivity contribution in [1.82, 2.24) is 0 Å². The number of anilines is 2. The highest BCUT2D eigenvalue weighted by Gasteiger charge is 2.30. The van der Waals surface area contributed by atoms with Gasteiger partial charge in [-0.1, -0.05) is 52.0 Å². The number of halogens is 3. The Kier molecular flexibility index (Phi) is 9.31. The van der Waals surface area contributed by atoms with Gasteiger partial charge >= 0.3 is 6.18 Å². The third kappa shape index (κ3) is 7.95. The third-order valence-corrected chi connectivity index (χ3v) is 5.11. The van der Waals surface area contributed by atoms with Crippen molar-refractivity contribution in [3.63, 3.8) is 0 Å². The molecule has 2 aromatic carbocycles. The van der Waals surface area contributed by atoms with Crippen LogP contribution in [0.4, 0.5) is 24.5 Å². The van der Waals surface area contributed by atoms with Gasteiger partial charge in [0.1, 0.15) is 0 Å². The minimum Gasteiger partial charge on any atom is -0.369 e. The molecule has 1 amide bonds. The molecule has 0 spiro atoms. The molecule has 0 unspecified atom stereocenters. The van der Waals surface area contributed by atoms with E-state index in [2.05, 4.69) is 42.8 Å². The maximum Gasteiger partial charge on any atom is 0.416 e. The van der Waals surface area contributed by atoms with Crippen LogP contribution in [0.5, 0.6) is 0 Å². The number of allylic oxidation sites excluding steroid dienone is 1. The molecule has 4 nitrogen and oxygen atoms in total. The van der Waals surface area contributed by atoms with Crippen LogP contribution in [0.2, 0.25) is 0 Å². The van der Waals surface area contributed by atoms with E-state index in [1.54, 1.807) is 0 Å². The summed E-state index contributed by atoms with van der Waals surface area (Å²) in [4.78, 5) is 18.4.